The molecular formula is C15H26O2. The Bertz CT molecular complexity index is 343. The molecule has 0 saturated carbocycles. The van der Waals surface area contributed by atoms with Crippen LogP contribution < -0.4 is 4.74 Å². The van der Waals surface area contributed by atoms with Gasteiger partial charge in [-0.3, -0.25) is 0 Å². The van der Waals surface area contributed by atoms with Gasteiger partial charge in [-0.05, 0) is 43.4 Å². The van der Waals surface area contributed by atoms with Crippen LogP contribution in [0.1, 0.15) is 50.3 Å². The highest BCUT2D eigenvalue weighted by molar-refractivity contribution is 5.53. The summed E-state index contributed by atoms with van der Waals surface area (Å²) < 4.78 is 5.26. The van der Waals surface area contributed by atoms with Crippen molar-refractivity contribution in [2.45, 2.75) is 53.9 Å². The lowest BCUT2D eigenvalue weighted by Gasteiger charge is -2.14. The van der Waals surface area contributed by atoms with E-state index in [0.29, 0.717) is 11.5 Å². The van der Waals surface area contributed by atoms with Crippen molar-refractivity contribution < 1.29 is 9.84 Å². The quantitative estimate of drug-likeness (QED) is 0.843. The van der Waals surface area contributed by atoms with Crippen molar-refractivity contribution >= 4 is 0 Å². The van der Waals surface area contributed by atoms with Crippen molar-refractivity contribution in [1.29, 1.82) is 0 Å². The zero-order valence-corrected chi connectivity index (χ0v) is 12.1. The molecule has 0 bridgehead atoms. The smallest absolute Gasteiger partial charge is 0.163 e. The number of benzene rings is 1. The van der Waals surface area contributed by atoms with E-state index in [9.17, 15) is 5.11 Å². The van der Waals surface area contributed by atoms with Crippen LogP contribution in [0.2, 0.25) is 0 Å². The summed E-state index contributed by atoms with van der Waals surface area (Å²) in [5, 5.41) is 9.93. The molecule has 0 radical (unpaired) electrons. The molecule has 0 aliphatic rings. The lowest BCUT2D eigenvalue weighted by molar-refractivity contribution is 0.366. The molecule has 0 spiro atoms. The summed E-state index contributed by atoms with van der Waals surface area (Å²) in [6, 6.07) is 2.11. The number of methoxy groups -OCH3 is 1. The van der Waals surface area contributed by atoms with Crippen LogP contribution >= 0.6 is 0 Å². The van der Waals surface area contributed by atoms with E-state index in [1.165, 1.54) is 0 Å². The Labute approximate surface area is 106 Å². The van der Waals surface area contributed by atoms with E-state index in [1.807, 2.05) is 27.7 Å². The Morgan fingerprint density at radius 1 is 1.24 bits per heavy atom. The Balaban J connectivity index is 0.00000121. The third-order valence-corrected chi connectivity index (χ3v) is 2.85. The van der Waals surface area contributed by atoms with Gasteiger partial charge in [-0.1, -0.05) is 33.3 Å². The molecule has 0 aliphatic heterocycles. The lowest BCUT2D eigenvalue weighted by atomic mass is 10.00. The van der Waals surface area contributed by atoms with Gasteiger partial charge < -0.3 is 9.84 Å². The van der Waals surface area contributed by atoms with Gasteiger partial charge in [-0.15, -0.1) is 0 Å². The van der Waals surface area contributed by atoms with Crippen molar-refractivity contribution in [3.63, 3.8) is 0 Å². The molecular weight excluding hydrogens is 212 g/mol. The Morgan fingerprint density at radius 3 is 2.29 bits per heavy atom. The maximum atomic E-state index is 9.93. The second kappa shape index (κ2) is 7.99. The maximum Gasteiger partial charge on any atom is 0.163 e. The van der Waals surface area contributed by atoms with Crippen molar-refractivity contribution in [1.82, 2.24) is 0 Å². The number of hydrogen-bond donors (Lipinski definition) is 1. The van der Waals surface area contributed by atoms with Crippen LogP contribution in [0.3, 0.4) is 0 Å². The Morgan fingerprint density at radius 2 is 1.82 bits per heavy atom. The first kappa shape index (κ1) is 15.8. The average molecular weight is 238 g/mol. The summed E-state index contributed by atoms with van der Waals surface area (Å²) in [7, 11) is 1.61. The third kappa shape index (κ3) is 3.95. The molecule has 0 saturated heterocycles. The number of unbranched alkanes of at least 4 members (excludes halogenated alkanes) is 1. The first-order chi connectivity index (χ1) is 8.11. The highest BCUT2D eigenvalue weighted by Gasteiger charge is 2.12. The van der Waals surface area contributed by atoms with E-state index >= 15 is 0 Å². The number of phenols is 1. The van der Waals surface area contributed by atoms with Crippen LogP contribution in [0.25, 0.3) is 0 Å². The molecule has 0 heterocycles. The number of ether oxygens (including phenoxy) is 1. The summed E-state index contributed by atoms with van der Waals surface area (Å²) in [5.74, 6) is 0.940. The van der Waals surface area contributed by atoms with Gasteiger partial charge in [0.15, 0.2) is 11.5 Å². The van der Waals surface area contributed by atoms with Crippen molar-refractivity contribution in [3.05, 3.63) is 22.8 Å². The molecule has 2 heteroatoms. The number of phenolic OH excluding ortho intramolecular Hbond substituents is 1. The van der Waals surface area contributed by atoms with E-state index in [-0.39, 0.29) is 0 Å². The molecule has 1 aromatic rings. The highest BCUT2D eigenvalue weighted by atomic mass is 16.5. The van der Waals surface area contributed by atoms with Crippen molar-refractivity contribution in [3.8, 4) is 11.5 Å². The van der Waals surface area contributed by atoms with E-state index in [4.69, 9.17) is 4.74 Å². The van der Waals surface area contributed by atoms with E-state index < -0.39 is 0 Å². The number of aromatic hydroxyl groups is 1. The SMILES string of the molecule is CC.CCCCc1cc(C)c(C)c(O)c1OC. The minimum atomic E-state index is 0.295. The summed E-state index contributed by atoms with van der Waals surface area (Å²) in [5.41, 5.74) is 3.14. The van der Waals surface area contributed by atoms with E-state index in [1.54, 1.807) is 7.11 Å². The van der Waals surface area contributed by atoms with Gasteiger partial charge >= 0.3 is 0 Å². The summed E-state index contributed by atoms with van der Waals surface area (Å²) in [4.78, 5) is 0. The summed E-state index contributed by atoms with van der Waals surface area (Å²) >= 11 is 0. The lowest BCUT2D eigenvalue weighted by Crippen LogP contribution is -1.96. The summed E-state index contributed by atoms with van der Waals surface area (Å²) in [6.07, 6.45) is 3.24. The first-order valence-electron chi connectivity index (χ1n) is 6.47. The monoisotopic (exact) mass is 238 g/mol. The van der Waals surface area contributed by atoms with Gasteiger partial charge in [-0.2, -0.15) is 0 Å². The normalized spacial score (nSPS) is 9.53. The second-order valence-electron chi connectivity index (χ2n) is 3.96. The van der Waals surface area contributed by atoms with Gasteiger partial charge in [0.05, 0.1) is 7.11 Å². The largest absolute Gasteiger partial charge is 0.504 e. The van der Waals surface area contributed by atoms with Gasteiger partial charge in [0.25, 0.3) is 0 Å². The zero-order chi connectivity index (χ0) is 13.4. The third-order valence-electron chi connectivity index (χ3n) is 2.85. The molecule has 1 aromatic carbocycles. The van der Waals surface area contributed by atoms with Crippen LogP contribution in [-0.2, 0) is 6.42 Å². The molecule has 1 rings (SSSR count). The molecule has 0 aromatic heterocycles. The van der Waals surface area contributed by atoms with E-state index in [2.05, 4.69) is 13.0 Å². The number of hydrogen-bond acceptors (Lipinski definition) is 2. The Kier molecular flexibility index (Phi) is 7.44. The fourth-order valence-corrected chi connectivity index (χ4v) is 1.72. The zero-order valence-electron chi connectivity index (χ0n) is 12.1. The maximum absolute atomic E-state index is 9.93. The molecule has 1 N–H and O–H groups in total. The average Bonchev–Trinajstić information content (AvgIpc) is 2.36. The number of rotatable bonds is 4. The number of aryl methyl sites for hydroxylation is 2. The molecule has 0 atom stereocenters. The second-order valence-corrected chi connectivity index (χ2v) is 3.96. The van der Waals surface area contributed by atoms with Gasteiger partial charge in [0.2, 0.25) is 0 Å². The topological polar surface area (TPSA) is 29.5 Å². The van der Waals surface area contributed by atoms with Crippen LogP contribution in [0.15, 0.2) is 6.07 Å². The highest BCUT2D eigenvalue weighted by Crippen LogP contribution is 2.36. The minimum Gasteiger partial charge on any atom is -0.504 e. The van der Waals surface area contributed by atoms with Crippen LogP contribution in [0.5, 0.6) is 11.5 Å². The molecule has 0 aliphatic carbocycles. The molecule has 0 unspecified atom stereocenters. The fourth-order valence-electron chi connectivity index (χ4n) is 1.72. The minimum absolute atomic E-state index is 0.295. The van der Waals surface area contributed by atoms with Crippen molar-refractivity contribution in [2.24, 2.45) is 0 Å². The van der Waals surface area contributed by atoms with Gasteiger partial charge in [0.1, 0.15) is 0 Å². The van der Waals surface area contributed by atoms with Gasteiger partial charge in [-0.25, -0.2) is 0 Å². The van der Waals surface area contributed by atoms with Crippen molar-refractivity contribution in [2.75, 3.05) is 7.11 Å². The fraction of sp³-hybridized carbons (Fsp3) is 0.600. The van der Waals surface area contributed by atoms with Gasteiger partial charge in [0, 0.05) is 0 Å². The Hall–Kier alpha value is -1.18. The molecule has 17 heavy (non-hydrogen) atoms. The first-order valence-corrected chi connectivity index (χ1v) is 6.47. The van der Waals surface area contributed by atoms with Crippen LogP contribution in [-0.4, -0.2) is 12.2 Å². The van der Waals surface area contributed by atoms with Crippen LogP contribution in [0.4, 0.5) is 0 Å². The van der Waals surface area contributed by atoms with E-state index in [0.717, 1.165) is 36.0 Å². The predicted octanol–water partition coefficient (Wildman–Crippen LogP) is 4.39. The molecule has 0 fully saturated rings. The predicted molar refractivity (Wildman–Crippen MR) is 74.1 cm³/mol. The molecule has 2 nitrogen and oxygen atoms in total. The summed E-state index contributed by atoms with van der Waals surface area (Å²) in [6.45, 7) is 10.1. The standard InChI is InChI=1S/C13H20O2.C2H6/c1-5-6-7-11-8-9(2)10(3)12(14)13(11)15-4;1-2/h8,14H,5-7H2,1-4H3;1-2H3. The molecule has 0 amide bonds. The molecule has 98 valence electrons. The van der Waals surface area contributed by atoms with Crippen LogP contribution in [0, 0.1) is 13.8 Å².